The Morgan fingerprint density at radius 2 is 2.03 bits per heavy atom. The standard InChI is InChI=1S/C19H16F2N4O7/c1-22-13-5-4-11(25(27)28)8-12(13)18(26)30-9-16-23-17(24-32-16)10-3-6-14(31-19(20)21)15(7-10)29-2/h3-8,19,22H,9H2,1-2H3. The normalized spacial score (nSPS) is 10.7. The van der Waals surface area contributed by atoms with Gasteiger partial charge in [0.1, 0.15) is 0 Å². The van der Waals surface area contributed by atoms with Crippen LogP contribution < -0.4 is 14.8 Å². The number of non-ortho nitro benzene ring substituents is 1. The lowest BCUT2D eigenvalue weighted by Gasteiger charge is -2.10. The summed E-state index contributed by atoms with van der Waals surface area (Å²) >= 11 is 0. The fourth-order valence-corrected chi connectivity index (χ4v) is 2.67. The lowest BCUT2D eigenvalue weighted by Crippen LogP contribution is -2.09. The van der Waals surface area contributed by atoms with Gasteiger partial charge < -0.3 is 24.1 Å². The third-order valence-corrected chi connectivity index (χ3v) is 4.14. The van der Waals surface area contributed by atoms with Gasteiger partial charge in [0.05, 0.1) is 17.6 Å². The maximum Gasteiger partial charge on any atom is 0.387 e. The van der Waals surface area contributed by atoms with Crippen molar-refractivity contribution in [2.75, 3.05) is 19.5 Å². The molecule has 0 spiro atoms. The Hall–Kier alpha value is -4.29. The predicted molar refractivity (Wildman–Crippen MR) is 105 cm³/mol. The molecule has 32 heavy (non-hydrogen) atoms. The number of nitro groups is 1. The van der Waals surface area contributed by atoms with Crippen LogP contribution in [0, 0.1) is 10.1 Å². The highest BCUT2D eigenvalue weighted by molar-refractivity contribution is 5.96. The van der Waals surface area contributed by atoms with E-state index in [1.807, 2.05) is 0 Å². The van der Waals surface area contributed by atoms with E-state index < -0.39 is 24.1 Å². The quantitative estimate of drug-likeness (QED) is 0.292. The van der Waals surface area contributed by atoms with Gasteiger partial charge in [-0.3, -0.25) is 10.1 Å². The largest absolute Gasteiger partial charge is 0.493 e. The summed E-state index contributed by atoms with van der Waals surface area (Å²) in [4.78, 5) is 26.8. The number of alkyl halides is 2. The number of benzene rings is 2. The maximum absolute atomic E-state index is 12.4. The molecular weight excluding hydrogens is 434 g/mol. The molecular formula is C19H16F2N4O7. The van der Waals surface area contributed by atoms with Crippen molar-refractivity contribution in [3.8, 4) is 22.9 Å². The third-order valence-electron chi connectivity index (χ3n) is 4.14. The maximum atomic E-state index is 12.4. The molecule has 1 heterocycles. The van der Waals surface area contributed by atoms with Gasteiger partial charge in [-0.1, -0.05) is 5.16 Å². The molecule has 0 bridgehead atoms. The highest BCUT2D eigenvalue weighted by atomic mass is 19.3. The van der Waals surface area contributed by atoms with Crippen LogP contribution in [0.1, 0.15) is 16.2 Å². The number of hydrogen-bond donors (Lipinski definition) is 1. The average Bonchev–Trinajstić information content (AvgIpc) is 3.25. The molecule has 0 aliphatic rings. The van der Waals surface area contributed by atoms with Crippen molar-refractivity contribution in [2.45, 2.75) is 13.2 Å². The third kappa shape index (κ3) is 5.06. The van der Waals surface area contributed by atoms with E-state index in [1.54, 1.807) is 7.05 Å². The van der Waals surface area contributed by atoms with Crippen molar-refractivity contribution >= 4 is 17.3 Å². The molecule has 11 nitrogen and oxygen atoms in total. The van der Waals surface area contributed by atoms with E-state index in [0.29, 0.717) is 11.3 Å². The van der Waals surface area contributed by atoms with E-state index in [1.165, 1.54) is 37.4 Å². The van der Waals surface area contributed by atoms with Crippen LogP contribution in [-0.4, -0.2) is 41.8 Å². The summed E-state index contributed by atoms with van der Waals surface area (Å²) in [6.45, 7) is -3.42. The Morgan fingerprint density at radius 3 is 2.69 bits per heavy atom. The first-order chi connectivity index (χ1) is 15.3. The summed E-state index contributed by atoms with van der Waals surface area (Å²) in [6, 6.07) is 7.78. The molecule has 1 aromatic heterocycles. The first-order valence-corrected chi connectivity index (χ1v) is 8.91. The van der Waals surface area contributed by atoms with Crippen molar-refractivity contribution in [1.29, 1.82) is 0 Å². The van der Waals surface area contributed by atoms with Crippen molar-refractivity contribution in [1.82, 2.24) is 10.1 Å². The Kier molecular flexibility index (Phi) is 6.77. The molecule has 3 aromatic rings. The predicted octanol–water partition coefficient (Wildman–Crippen LogP) is 3.65. The summed E-state index contributed by atoms with van der Waals surface area (Å²) < 4.78 is 44.4. The molecule has 0 fully saturated rings. The number of nitrogens with one attached hydrogen (secondary N) is 1. The second kappa shape index (κ2) is 9.68. The van der Waals surface area contributed by atoms with Crippen LogP contribution in [0.3, 0.4) is 0 Å². The molecule has 0 saturated carbocycles. The monoisotopic (exact) mass is 450 g/mol. The number of ether oxygens (including phenoxy) is 3. The summed E-state index contributed by atoms with van der Waals surface area (Å²) in [5, 5.41) is 17.5. The van der Waals surface area contributed by atoms with E-state index in [4.69, 9.17) is 14.0 Å². The Bertz CT molecular complexity index is 1140. The smallest absolute Gasteiger partial charge is 0.387 e. The molecule has 0 saturated heterocycles. The van der Waals surface area contributed by atoms with E-state index in [2.05, 4.69) is 20.2 Å². The minimum Gasteiger partial charge on any atom is -0.493 e. The van der Waals surface area contributed by atoms with E-state index in [9.17, 15) is 23.7 Å². The summed E-state index contributed by atoms with van der Waals surface area (Å²) in [6.07, 6.45) is 0. The zero-order valence-electron chi connectivity index (χ0n) is 16.7. The van der Waals surface area contributed by atoms with Crippen LogP contribution >= 0.6 is 0 Å². The molecule has 168 valence electrons. The van der Waals surface area contributed by atoms with Crippen molar-refractivity contribution in [3.05, 3.63) is 58.0 Å². The molecule has 3 rings (SSSR count). The van der Waals surface area contributed by atoms with Crippen molar-refractivity contribution in [3.63, 3.8) is 0 Å². The minimum atomic E-state index is -3.02. The summed E-state index contributed by atoms with van der Waals surface area (Å²) in [5.41, 5.74) is 0.399. The number of hydrogen-bond acceptors (Lipinski definition) is 10. The van der Waals surface area contributed by atoms with Gasteiger partial charge in [0, 0.05) is 30.4 Å². The molecule has 0 radical (unpaired) electrons. The van der Waals surface area contributed by atoms with Crippen LogP contribution in [-0.2, 0) is 11.3 Å². The number of halogens is 2. The van der Waals surface area contributed by atoms with Crippen LogP contribution in [0.15, 0.2) is 40.9 Å². The van der Waals surface area contributed by atoms with Gasteiger partial charge in [-0.2, -0.15) is 13.8 Å². The van der Waals surface area contributed by atoms with Gasteiger partial charge in [-0.15, -0.1) is 0 Å². The van der Waals surface area contributed by atoms with Gasteiger partial charge in [0.2, 0.25) is 5.82 Å². The number of nitrogens with zero attached hydrogens (tertiary/aromatic N) is 3. The fraction of sp³-hybridized carbons (Fsp3) is 0.211. The lowest BCUT2D eigenvalue weighted by molar-refractivity contribution is -0.384. The number of methoxy groups -OCH3 is 1. The topological polar surface area (TPSA) is 139 Å². The zero-order valence-corrected chi connectivity index (χ0v) is 16.7. The Morgan fingerprint density at radius 1 is 1.25 bits per heavy atom. The molecule has 1 N–H and O–H groups in total. The zero-order chi connectivity index (χ0) is 23.3. The first-order valence-electron chi connectivity index (χ1n) is 8.91. The Balaban J connectivity index is 1.73. The van der Waals surface area contributed by atoms with E-state index >= 15 is 0 Å². The molecule has 13 heteroatoms. The van der Waals surface area contributed by atoms with Crippen molar-refractivity contribution in [2.24, 2.45) is 0 Å². The molecule has 2 aromatic carbocycles. The van der Waals surface area contributed by atoms with Gasteiger partial charge in [-0.05, 0) is 24.3 Å². The van der Waals surface area contributed by atoms with Gasteiger partial charge in [0.25, 0.3) is 11.6 Å². The second-order valence-electron chi connectivity index (χ2n) is 6.07. The molecule has 0 unspecified atom stereocenters. The molecule has 0 aliphatic carbocycles. The Labute approximate surface area is 179 Å². The molecule has 0 amide bonds. The van der Waals surface area contributed by atoms with Crippen LogP contribution in [0.2, 0.25) is 0 Å². The summed E-state index contributed by atoms with van der Waals surface area (Å²) in [7, 11) is 2.83. The van der Waals surface area contributed by atoms with Crippen LogP contribution in [0.25, 0.3) is 11.4 Å². The number of anilines is 1. The second-order valence-corrected chi connectivity index (χ2v) is 6.07. The number of carbonyl (C=O) groups excluding carboxylic acids is 1. The van der Waals surface area contributed by atoms with Crippen LogP contribution in [0.5, 0.6) is 11.5 Å². The SMILES string of the molecule is CNc1ccc([N+](=O)[O-])cc1C(=O)OCc1nc(-c2ccc(OC(F)F)c(OC)c2)no1. The van der Waals surface area contributed by atoms with Gasteiger partial charge >= 0.3 is 12.6 Å². The lowest BCUT2D eigenvalue weighted by atomic mass is 10.1. The van der Waals surface area contributed by atoms with E-state index in [0.717, 1.165) is 6.07 Å². The summed E-state index contributed by atoms with van der Waals surface area (Å²) in [5.74, 6) is -0.944. The number of aromatic nitrogens is 2. The number of rotatable bonds is 9. The molecule has 0 atom stereocenters. The number of carbonyl (C=O) groups is 1. The first kappa shape index (κ1) is 22.4. The highest BCUT2D eigenvalue weighted by Gasteiger charge is 2.19. The minimum absolute atomic E-state index is 0.0332. The van der Waals surface area contributed by atoms with Gasteiger partial charge in [0.15, 0.2) is 18.1 Å². The average molecular weight is 450 g/mol. The highest BCUT2D eigenvalue weighted by Crippen LogP contribution is 2.32. The van der Waals surface area contributed by atoms with Gasteiger partial charge in [-0.25, -0.2) is 4.79 Å². The number of esters is 1. The number of nitro benzene ring substituents is 1. The van der Waals surface area contributed by atoms with Crippen LogP contribution in [0.4, 0.5) is 20.2 Å². The molecule has 0 aliphatic heterocycles. The van der Waals surface area contributed by atoms with E-state index in [-0.39, 0.29) is 34.5 Å². The van der Waals surface area contributed by atoms with Crippen molar-refractivity contribution < 1.29 is 37.2 Å². The fourth-order valence-electron chi connectivity index (χ4n) is 2.67.